The lowest BCUT2D eigenvalue weighted by atomic mass is 10.1. The summed E-state index contributed by atoms with van der Waals surface area (Å²) in [5.41, 5.74) is 0.758. The normalized spacial score (nSPS) is 11.5. The van der Waals surface area contributed by atoms with E-state index in [0.717, 1.165) is 12.1 Å². The van der Waals surface area contributed by atoms with Crippen LogP contribution in [0.3, 0.4) is 0 Å². The Labute approximate surface area is 127 Å². The molecule has 0 spiro atoms. The minimum Gasteiger partial charge on any atom is -0.493 e. The van der Waals surface area contributed by atoms with Crippen LogP contribution in [0, 0.1) is 0 Å². The number of benzene rings is 1. The molecule has 120 valence electrons. The molecule has 0 bridgehead atoms. The molecule has 1 N–H and O–H groups in total. The minimum atomic E-state index is -4.17. The highest BCUT2D eigenvalue weighted by atomic mass is 35.5. The van der Waals surface area contributed by atoms with Crippen molar-refractivity contribution in [2.24, 2.45) is 0 Å². The molecule has 0 saturated carbocycles. The highest BCUT2D eigenvalue weighted by molar-refractivity contribution is 6.30. The molecule has 0 unspecified atom stereocenters. The predicted molar refractivity (Wildman–Crippen MR) is 76.2 cm³/mol. The Bertz CT molecular complexity index is 453. The van der Waals surface area contributed by atoms with Gasteiger partial charge in [-0.2, -0.15) is 13.2 Å². The summed E-state index contributed by atoms with van der Waals surface area (Å²) in [6.45, 7) is 3.17. The number of ether oxygens (including phenoxy) is 2. The van der Waals surface area contributed by atoms with Crippen molar-refractivity contribution in [1.29, 1.82) is 0 Å². The van der Waals surface area contributed by atoms with Crippen LogP contribution in [0.15, 0.2) is 12.1 Å². The summed E-state index contributed by atoms with van der Waals surface area (Å²) in [7, 11) is 1.46. The standard InChI is InChI=1S/C14H19ClF3NO2/c1-3-19-9-10-7-11(15)8-12(20-2)13(10)21-6-4-5-14(16,17)18/h7-8,19H,3-6,9H2,1-2H3. The van der Waals surface area contributed by atoms with Crippen molar-refractivity contribution in [3.8, 4) is 11.5 Å². The highest BCUT2D eigenvalue weighted by Crippen LogP contribution is 2.35. The second-order valence-corrected chi connectivity index (χ2v) is 4.88. The van der Waals surface area contributed by atoms with Gasteiger partial charge in [-0.05, 0) is 19.0 Å². The number of rotatable bonds is 8. The molecule has 0 heterocycles. The van der Waals surface area contributed by atoms with Crippen LogP contribution in [-0.2, 0) is 6.54 Å². The maximum absolute atomic E-state index is 12.1. The summed E-state index contributed by atoms with van der Waals surface area (Å²) in [6, 6.07) is 3.29. The summed E-state index contributed by atoms with van der Waals surface area (Å²) in [5.74, 6) is 0.854. The second-order valence-electron chi connectivity index (χ2n) is 4.44. The van der Waals surface area contributed by atoms with E-state index in [4.69, 9.17) is 21.1 Å². The number of hydrogen-bond acceptors (Lipinski definition) is 3. The molecule has 0 atom stereocenters. The fraction of sp³-hybridized carbons (Fsp3) is 0.571. The van der Waals surface area contributed by atoms with Gasteiger partial charge >= 0.3 is 6.18 Å². The molecule has 0 fully saturated rings. The molecule has 0 aromatic heterocycles. The number of methoxy groups -OCH3 is 1. The van der Waals surface area contributed by atoms with E-state index in [1.807, 2.05) is 6.92 Å². The smallest absolute Gasteiger partial charge is 0.389 e. The summed E-state index contributed by atoms with van der Waals surface area (Å²) >= 11 is 5.99. The zero-order chi connectivity index (χ0) is 15.9. The lowest BCUT2D eigenvalue weighted by molar-refractivity contribution is -0.136. The van der Waals surface area contributed by atoms with Gasteiger partial charge in [0.25, 0.3) is 0 Å². The summed E-state index contributed by atoms with van der Waals surface area (Å²) < 4.78 is 47.0. The molecule has 0 aliphatic rings. The molecular formula is C14H19ClF3NO2. The molecule has 0 aliphatic carbocycles. The number of nitrogens with one attached hydrogen (secondary N) is 1. The number of halogens is 4. The highest BCUT2D eigenvalue weighted by Gasteiger charge is 2.26. The first-order valence-corrected chi connectivity index (χ1v) is 7.02. The zero-order valence-corrected chi connectivity index (χ0v) is 12.8. The topological polar surface area (TPSA) is 30.5 Å². The Hall–Kier alpha value is -1.14. The molecule has 1 rings (SSSR count). The molecule has 7 heteroatoms. The first-order chi connectivity index (χ1) is 9.87. The van der Waals surface area contributed by atoms with Crippen LogP contribution >= 0.6 is 11.6 Å². The third kappa shape index (κ3) is 6.44. The van der Waals surface area contributed by atoms with Gasteiger partial charge in [-0.25, -0.2) is 0 Å². The van der Waals surface area contributed by atoms with Gasteiger partial charge in [0.15, 0.2) is 11.5 Å². The maximum Gasteiger partial charge on any atom is 0.389 e. The largest absolute Gasteiger partial charge is 0.493 e. The van der Waals surface area contributed by atoms with Gasteiger partial charge in [-0.1, -0.05) is 18.5 Å². The van der Waals surface area contributed by atoms with E-state index in [1.54, 1.807) is 12.1 Å². The maximum atomic E-state index is 12.1. The lowest BCUT2D eigenvalue weighted by Gasteiger charge is -2.16. The number of hydrogen-bond donors (Lipinski definition) is 1. The molecule has 21 heavy (non-hydrogen) atoms. The Morgan fingerprint density at radius 2 is 2.00 bits per heavy atom. The number of alkyl halides is 3. The van der Waals surface area contributed by atoms with E-state index < -0.39 is 12.6 Å². The van der Waals surface area contributed by atoms with Crippen molar-refractivity contribution in [2.45, 2.75) is 32.5 Å². The molecule has 0 radical (unpaired) electrons. The second kappa shape index (κ2) is 8.34. The van der Waals surface area contributed by atoms with E-state index in [0.29, 0.717) is 23.1 Å². The molecule has 1 aromatic rings. The Morgan fingerprint density at radius 1 is 1.29 bits per heavy atom. The van der Waals surface area contributed by atoms with Crippen LogP contribution in [0.25, 0.3) is 0 Å². The molecule has 0 saturated heterocycles. The van der Waals surface area contributed by atoms with E-state index in [2.05, 4.69) is 5.32 Å². The van der Waals surface area contributed by atoms with Crippen molar-refractivity contribution >= 4 is 11.6 Å². The molecule has 0 amide bonds. The first kappa shape index (κ1) is 17.9. The van der Waals surface area contributed by atoms with Gasteiger partial charge in [-0.3, -0.25) is 0 Å². The van der Waals surface area contributed by atoms with Crippen molar-refractivity contribution in [3.05, 3.63) is 22.7 Å². The van der Waals surface area contributed by atoms with Gasteiger partial charge in [0.1, 0.15) is 0 Å². The van der Waals surface area contributed by atoms with E-state index >= 15 is 0 Å². The predicted octanol–water partition coefficient (Wildman–Crippen LogP) is 4.18. The van der Waals surface area contributed by atoms with Gasteiger partial charge < -0.3 is 14.8 Å². The minimum absolute atomic E-state index is 0.0311. The fourth-order valence-corrected chi connectivity index (χ4v) is 2.01. The molecule has 1 aromatic carbocycles. The van der Waals surface area contributed by atoms with Crippen molar-refractivity contribution < 1.29 is 22.6 Å². The van der Waals surface area contributed by atoms with E-state index in [9.17, 15) is 13.2 Å². The third-order valence-corrected chi connectivity index (χ3v) is 2.95. The summed E-state index contributed by atoms with van der Waals surface area (Å²) in [4.78, 5) is 0. The van der Waals surface area contributed by atoms with Crippen LogP contribution in [-0.4, -0.2) is 26.4 Å². The van der Waals surface area contributed by atoms with Crippen LogP contribution in [0.2, 0.25) is 5.02 Å². The molecule has 0 aliphatic heterocycles. The lowest BCUT2D eigenvalue weighted by Crippen LogP contribution is -2.14. The van der Waals surface area contributed by atoms with Crippen LogP contribution in [0.1, 0.15) is 25.3 Å². The first-order valence-electron chi connectivity index (χ1n) is 6.64. The van der Waals surface area contributed by atoms with Crippen molar-refractivity contribution in [1.82, 2.24) is 5.32 Å². The third-order valence-electron chi connectivity index (χ3n) is 2.73. The molecule has 3 nitrogen and oxygen atoms in total. The van der Waals surface area contributed by atoms with Crippen LogP contribution in [0.4, 0.5) is 13.2 Å². The average Bonchev–Trinajstić information content (AvgIpc) is 2.40. The van der Waals surface area contributed by atoms with Gasteiger partial charge in [-0.15, -0.1) is 0 Å². The fourth-order valence-electron chi connectivity index (χ4n) is 1.78. The Balaban J connectivity index is 2.77. The quantitative estimate of drug-likeness (QED) is 0.727. The summed E-state index contributed by atoms with van der Waals surface area (Å²) in [5, 5.41) is 3.61. The van der Waals surface area contributed by atoms with E-state index in [1.165, 1.54) is 7.11 Å². The van der Waals surface area contributed by atoms with Gasteiger partial charge in [0, 0.05) is 29.6 Å². The van der Waals surface area contributed by atoms with Crippen molar-refractivity contribution in [3.63, 3.8) is 0 Å². The Morgan fingerprint density at radius 3 is 2.57 bits per heavy atom. The zero-order valence-electron chi connectivity index (χ0n) is 12.0. The SMILES string of the molecule is CCNCc1cc(Cl)cc(OC)c1OCCCC(F)(F)F. The van der Waals surface area contributed by atoms with Crippen LogP contribution in [0.5, 0.6) is 11.5 Å². The van der Waals surface area contributed by atoms with Gasteiger partial charge in [0.05, 0.1) is 13.7 Å². The Kier molecular flexibility index (Phi) is 7.11. The van der Waals surface area contributed by atoms with E-state index in [-0.39, 0.29) is 13.0 Å². The summed E-state index contributed by atoms with van der Waals surface area (Å²) in [6.07, 6.45) is -5.14. The van der Waals surface area contributed by atoms with Crippen molar-refractivity contribution in [2.75, 3.05) is 20.3 Å². The molecular weight excluding hydrogens is 307 g/mol. The average molecular weight is 326 g/mol. The van der Waals surface area contributed by atoms with Gasteiger partial charge in [0.2, 0.25) is 0 Å². The monoisotopic (exact) mass is 325 g/mol. The van der Waals surface area contributed by atoms with Crippen LogP contribution < -0.4 is 14.8 Å².